The Morgan fingerprint density at radius 1 is 0.895 bits per heavy atom. The molecule has 1 atom stereocenters. The zero-order chi connectivity index (χ0) is 27.2. The van der Waals surface area contributed by atoms with Crippen molar-refractivity contribution in [2.24, 2.45) is 0 Å². The van der Waals surface area contributed by atoms with Gasteiger partial charge in [0.15, 0.2) is 0 Å². The fourth-order valence-electron chi connectivity index (χ4n) is 4.50. The Kier molecular flexibility index (Phi) is 8.36. The zero-order valence-electron chi connectivity index (χ0n) is 22.2. The molecular formula is C31H33NO6. The summed E-state index contributed by atoms with van der Waals surface area (Å²) in [5, 5.41) is 11.5. The summed E-state index contributed by atoms with van der Waals surface area (Å²) in [6, 6.07) is 18.6. The molecule has 1 amide bonds. The van der Waals surface area contributed by atoms with Crippen LogP contribution in [0.25, 0.3) is 5.76 Å². The number of hydrogen-bond donors (Lipinski definition) is 1. The molecule has 38 heavy (non-hydrogen) atoms. The number of amides is 1. The highest BCUT2D eigenvalue weighted by molar-refractivity contribution is 6.51. The number of nitrogens with zero attached hydrogens (tertiary/aromatic N) is 1. The molecule has 3 aromatic rings. The highest BCUT2D eigenvalue weighted by Crippen LogP contribution is 2.43. The van der Waals surface area contributed by atoms with Crippen LogP contribution in [0.5, 0.6) is 17.2 Å². The van der Waals surface area contributed by atoms with Crippen LogP contribution in [0, 0.1) is 6.92 Å². The van der Waals surface area contributed by atoms with Gasteiger partial charge < -0.3 is 19.3 Å². The fourth-order valence-corrected chi connectivity index (χ4v) is 4.50. The molecule has 4 rings (SSSR count). The summed E-state index contributed by atoms with van der Waals surface area (Å²) < 4.78 is 16.9. The number of ether oxygens (including phenoxy) is 3. The molecule has 3 aromatic carbocycles. The molecule has 198 valence electrons. The number of benzene rings is 3. The molecule has 7 nitrogen and oxygen atoms in total. The normalized spacial score (nSPS) is 16.5. The highest BCUT2D eigenvalue weighted by atomic mass is 16.5. The van der Waals surface area contributed by atoms with E-state index in [0.717, 1.165) is 18.4 Å². The van der Waals surface area contributed by atoms with Crippen LogP contribution in [0.1, 0.15) is 49.4 Å². The lowest BCUT2D eigenvalue weighted by Crippen LogP contribution is -2.29. The first-order valence-electron chi connectivity index (χ1n) is 12.8. The highest BCUT2D eigenvalue weighted by Gasteiger charge is 2.47. The van der Waals surface area contributed by atoms with E-state index in [0.29, 0.717) is 47.3 Å². The lowest BCUT2D eigenvalue weighted by Gasteiger charge is -2.26. The fraction of sp³-hybridized carbons (Fsp3) is 0.290. The summed E-state index contributed by atoms with van der Waals surface area (Å²) in [4.78, 5) is 28.4. The largest absolute Gasteiger partial charge is 0.507 e. The molecule has 1 fully saturated rings. The Balaban J connectivity index is 1.86. The first-order valence-corrected chi connectivity index (χ1v) is 12.8. The SMILES string of the molecule is CCCOc1cccc(N2C(=O)C(=O)/C(=C(/O)c3ccc(OCCC)c(C)c3)C2c2cccc(OC)c2)c1. The molecule has 1 N–H and O–H groups in total. The van der Waals surface area contributed by atoms with E-state index < -0.39 is 17.7 Å². The number of carbonyl (C=O) groups is 2. The van der Waals surface area contributed by atoms with Gasteiger partial charge in [-0.05, 0) is 73.4 Å². The summed E-state index contributed by atoms with van der Waals surface area (Å²) in [6.45, 7) is 7.02. The molecular weight excluding hydrogens is 482 g/mol. The van der Waals surface area contributed by atoms with Crippen molar-refractivity contribution >= 4 is 23.1 Å². The van der Waals surface area contributed by atoms with Crippen LogP contribution in [-0.2, 0) is 9.59 Å². The Morgan fingerprint density at radius 2 is 1.61 bits per heavy atom. The molecule has 0 spiro atoms. The Labute approximate surface area is 223 Å². The van der Waals surface area contributed by atoms with Crippen LogP contribution in [0.4, 0.5) is 5.69 Å². The quantitative estimate of drug-likeness (QED) is 0.196. The van der Waals surface area contributed by atoms with Gasteiger partial charge in [0.05, 0.1) is 31.9 Å². The third-order valence-corrected chi connectivity index (χ3v) is 6.33. The number of carbonyl (C=O) groups excluding carboxylic acids is 2. The summed E-state index contributed by atoms with van der Waals surface area (Å²) in [6.07, 6.45) is 1.70. The summed E-state index contributed by atoms with van der Waals surface area (Å²) in [7, 11) is 1.55. The van der Waals surface area contributed by atoms with Gasteiger partial charge in [0.25, 0.3) is 11.7 Å². The Hall–Kier alpha value is -4.26. The van der Waals surface area contributed by atoms with Crippen LogP contribution in [0.15, 0.2) is 72.3 Å². The van der Waals surface area contributed by atoms with Crippen molar-refractivity contribution in [1.82, 2.24) is 0 Å². The minimum absolute atomic E-state index is 0.00441. The van der Waals surface area contributed by atoms with E-state index in [9.17, 15) is 14.7 Å². The van der Waals surface area contributed by atoms with Gasteiger partial charge in [-0.15, -0.1) is 0 Å². The van der Waals surface area contributed by atoms with E-state index in [-0.39, 0.29) is 11.3 Å². The van der Waals surface area contributed by atoms with Crippen molar-refractivity contribution in [3.8, 4) is 17.2 Å². The van der Waals surface area contributed by atoms with E-state index in [1.165, 1.54) is 4.90 Å². The predicted molar refractivity (Wildman–Crippen MR) is 147 cm³/mol. The lowest BCUT2D eigenvalue weighted by molar-refractivity contribution is -0.132. The van der Waals surface area contributed by atoms with Gasteiger partial charge in [0, 0.05) is 17.3 Å². The van der Waals surface area contributed by atoms with Crippen molar-refractivity contribution in [1.29, 1.82) is 0 Å². The Morgan fingerprint density at radius 3 is 2.32 bits per heavy atom. The van der Waals surface area contributed by atoms with E-state index in [4.69, 9.17) is 14.2 Å². The van der Waals surface area contributed by atoms with Crippen LogP contribution in [0.2, 0.25) is 0 Å². The van der Waals surface area contributed by atoms with Crippen molar-refractivity contribution < 1.29 is 28.9 Å². The average Bonchev–Trinajstić information content (AvgIpc) is 3.21. The molecule has 1 unspecified atom stereocenters. The van der Waals surface area contributed by atoms with E-state index in [1.54, 1.807) is 67.8 Å². The molecule has 0 aliphatic carbocycles. The maximum Gasteiger partial charge on any atom is 0.300 e. The topological polar surface area (TPSA) is 85.3 Å². The predicted octanol–water partition coefficient (Wildman–Crippen LogP) is 6.21. The van der Waals surface area contributed by atoms with Crippen LogP contribution in [-0.4, -0.2) is 37.1 Å². The van der Waals surface area contributed by atoms with Gasteiger partial charge in [-0.3, -0.25) is 14.5 Å². The molecule has 7 heteroatoms. The van der Waals surface area contributed by atoms with Gasteiger partial charge in [0.2, 0.25) is 0 Å². The van der Waals surface area contributed by atoms with E-state index in [2.05, 4.69) is 0 Å². The molecule has 0 saturated carbocycles. The molecule has 1 saturated heterocycles. The van der Waals surface area contributed by atoms with Crippen LogP contribution in [0.3, 0.4) is 0 Å². The summed E-state index contributed by atoms with van der Waals surface area (Å²) in [5.41, 5.74) is 2.37. The molecule has 1 aliphatic rings. The zero-order valence-corrected chi connectivity index (χ0v) is 22.2. The third kappa shape index (κ3) is 5.37. The number of anilines is 1. The van der Waals surface area contributed by atoms with Crippen molar-refractivity contribution in [3.63, 3.8) is 0 Å². The lowest BCUT2D eigenvalue weighted by atomic mass is 9.94. The van der Waals surface area contributed by atoms with Gasteiger partial charge >= 0.3 is 0 Å². The monoisotopic (exact) mass is 515 g/mol. The van der Waals surface area contributed by atoms with Crippen molar-refractivity contribution in [3.05, 3.63) is 89.0 Å². The number of ketones is 1. The van der Waals surface area contributed by atoms with Gasteiger partial charge in [-0.1, -0.05) is 32.0 Å². The number of aryl methyl sites for hydroxylation is 1. The molecule has 1 aliphatic heterocycles. The summed E-state index contributed by atoms with van der Waals surface area (Å²) in [5.74, 6) is 0.125. The standard InChI is InChI=1S/C31H33NO6/c1-5-15-37-25-12-8-10-23(19-25)32-28(21-9-7-11-24(18-21)36-4)27(30(34)31(32)35)29(33)22-13-14-26(20(3)17-22)38-16-6-2/h7-14,17-19,28,33H,5-6,15-16H2,1-4H3/b29-27+. The number of aliphatic hydroxyl groups is 1. The second-order valence-corrected chi connectivity index (χ2v) is 9.12. The summed E-state index contributed by atoms with van der Waals surface area (Å²) >= 11 is 0. The van der Waals surface area contributed by atoms with E-state index in [1.807, 2.05) is 26.8 Å². The number of rotatable bonds is 10. The Bertz CT molecular complexity index is 1360. The van der Waals surface area contributed by atoms with Gasteiger partial charge in [0.1, 0.15) is 23.0 Å². The average molecular weight is 516 g/mol. The number of methoxy groups -OCH3 is 1. The molecule has 1 heterocycles. The van der Waals surface area contributed by atoms with Gasteiger partial charge in [-0.2, -0.15) is 0 Å². The van der Waals surface area contributed by atoms with E-state index >= 15 is 0 Å². The maximum absolute atomic E-state index is 13.5. The first kappa shape index (κ1) is 26.8. The number of aliphatic hydroxyl groups excluding tert-OH is 1. The second kappa shape index (κ2) is 11.9. The van der Waals surface area contributed by atoms with Gasteiger partial charge in [-0.25, -0.2) is 0 Å². The smallest absolute Gasteiger partial charge is 0.300 e. The molecule has 0 aromatic heterocycles. The third-order valence-electron chi connectivity index (χ3n) is 6.33. The first-order chi connectivity index (χ1) is 18.4. The number of Topliss-reactive ketones (excluding diaryl/α,β-unsaturated/α-hetero) is 1. The number of hydrogen-bond acceptors (Lipinski definition) is 6. The van der Waals surface area contributed by atoms with Crippen LogP contribution < -0.4 is 19.1 Å². The molecule has 0 radical (unpaired) electrons. The molecule has 0 bridgehead atoms. The maximum atomic E-state index is 13.5. The second-order valence-electron chi connectivity index (χ2n) is 9.12. The van der Waals surface area contributed by atoms with Crippen LogP contribution >= 0.6 is 0 Å². The van der Waals surface area contributed by atoms with Crippen molar-refractivity contribution in [2.45, 2.75) is 39.7 Å². The minimum Gasteiger partial charge on any atom is -0.507 e. The van der Waals surface area contributed by atoms with Crippen molar-refractivity contribution in [2.75, 3.05) is 25.2 Å². The minimum atomic E-state index is -0.872.